The van der Waals surface area contributed by atoms with Crippen molar-refractivity contribution < 1.29 is 14.6 Å². The average molecular weight is 334 g/mol. The van der Waals surface area contributed by atoms with Gasteiger partial charge in [-0.2, -0.15) is 5.10 Å². The Bertz CT molecular complexity index is 935. The van der Waals surface area contributed by atoms with Crippen molar-refractivity contribution in [2.45, 2.75) is 6.42 Å². The van der Waals surface area contributed by atoms with E-state index in [2.05, 4.69) is 10.5 Å². The average Bonchev–Trinajstić information content (AvgIpc) is 2.63. The van der Waals surface area contributed by atoms with E-state index in [0.29, 0.717) is 11.3 Å². The van der Waals surface area contributed by atoms with E-state index >= 15 is 0 Å². The standard InChI is InChI=1S/C20H18N2O3/c1-25-19-11-15(7-9-18(19)23)13-21-22-20(24)12-14-6-8-16-4-2-3-5-17(16)10-14/h2-11,13,23H,12H2,1H3,(H,22,24)/b21-13+. The van der Waals surface area contributed by atoms with Gasteiger partial charge in [-0.1, -0.05) is 42.5 Å². The summed E-state index contributed by atoms with van der Waals surface area (Å²) in [6.45, 7) is 0. The molecule has 0 spiro atoms. The molecule has 25 heavy (non-hydrogen) atoms. The topological polar surface area (TPSA) is 70.9 Å². The minimum atomic E-state index is -0.197. The number of carbonyl (C=O) groups excluding carboxylic acids is 1. The molecule has 0 radical (unpaired) electrons. The van der Waals surface area contributed by atoms with E-state index < -0.39 is 0 Å². The van der Waals surface area contributed by atoms with Crippen LogP contribution in [0.1, 0.15) is 11.1 Å². The van der Waals surface area contributed by atoms with Crippen LogP contribution >= 0.6 is 0 Å². The van der Waals surface area contributed by atoms with Crippen LogP contribution in [0.25, 0.3) is 10.8 Å². The maximum Gasteiger partial charge on any atom is 0.244 e. The van der Waals surface area contributed by atoms with Gasteiger partial charge in [0.15, 0.2) is 11.5 Å². The Hall–Kier alpha value is -3.34. The zero-order chi connectivity index (χ0) is 17.6. The Morgan fingerprint density at radius 3 is 2.72 bits per heavy atom. The fourth-order valence-corrected chi connectivity index (χ4v) is 2.53. The lowest BCUT2D eigenvalue weighted by Crippen LogP contribution is -2.19. The number of amides is 1. The number of nitrogens with zero attached hydrogens (tertiary/aromatic N) is 1. The van der Waals surface area contributed by atoms with Crippen LogP contribution in [-0.4, -0.2) is 24.3 Å². The van der Waals surface area contributed by atoms with Gasteiger partial charge in [0.1, 0.15) is 0 Å². The Labute approximate surface area is 145 Å². The second-order valence-electron chi connectivity index (χ2n) is 5.58. The van der Waals surface area contributed by atoms with Gasteiger partial charge in [0.05, 0.1) is 19.7 Å². The number of benzene rings is 3. The summed E-state index contributed by atoms with van der Waals surface area (Å²) < 4.78 is 5.03. The molecule has 0 fully saturated rings. The highest BCUT2D eigenvalue weighted by Gasteiger charge is 2.04. The van der Waals surface area contributed by atoms with Crippen molar-refractivity contribution >= 4 is 22.9 Å². The van der Waals surface area contributed by atoms with Gasteiger partial charge in [-0.25, -0.2) is 5.43 Å². The third-order valence-corrected chi connectivity index (χ3v) is 3.79. The molecule has 0 aliphatic heterocycles. The first-order chi connectivity index (χ1) is 12.2. The second kappa shape index (κ2) is 7.49. The predicted molar refractivity (Wildman–Crippen MR) is 98.0 cm³/mol. The molecule has 3 rings (SSSR count). The molecule has 2 N–H and O–H groups in total. The second-order valence-corrected chi connectivity index (χ2v) is 5.58. The van der Waals surface area contributed by atoms with Gasteiger partial charge in [-0.3, -0.25) is 4.79 Å². The van der Waals surface area contributed by atoms with Crippen LogP contribution in [0.3, 0.4) is 0 Å². The third-order valence-electron chi connectivity index (χ3n) is 3.79. The smallest absolute Gasteiger partial charge is 0.244 e. The molecule has 0 unspecified atom stereocenters. The summed E-state index contributed by atoms with van der Waals surface area (Å²) in [5.41, 5.74) is 4.14. The fourth-order valence-electron chi connectivity index (χ4n) is 2.53. The van der Waals surface area contributed by atoms with Crippen LogP contribution < -0.4 is 10.2 Å². The van der Waals surface area contributed by atoms with Gasteiger partial charge in [0.25, 0.3) is 0 Å². The molecule has 0 atom stereocenters. The van der Waals surface area contributed by atoms with E-state index in [9.17, 15) is 9.90 Å². The number of phenols is 1. The number of fused-ring (bicyclic) bond motifs is 1. The molecule has 0 saturated heterocycles. The lowest BCUT2D eigenvalue weighted by Gasteiger charge is -2.04. The molecule has 3 aromatic rings. The summed E-state index contributed by atoms with van der Waals surface area (Å²) in [4.78, 5) is 12.0. The Kier molecular flexibility index (Phi) is 4.95. The van der Waals surface area contributed by atoms with Gasteiger partial charge >= 0.3 is 0 Å². The van der Waals surface area contributed by atoms with Gasteiger partial charge in [-0.05, 0) is 40.1 Å². The fraction of sp³-hybridized carbons (Fsp3) is 0.100. The number of rotatable bonds is 5. The van der Waals surface area contributed by atoms with E-state index in [1.54, 1.807) is 12.1 Å². The van der Waals surface area contributed by atoms with E-state index in [4.69, 9.17) is 4.74 Å². The van der Waals surface area contributed by atoms with Gasteiger partial charge in [0.2, 0.25) is 5.91 Å². The van der Waals surface area contributed by atoms with Crippen LogP contribution in [0.4, 0.5) is 0 Å². The lowest BCUT2D eigenvalue weighted by molar-refractivity contribution is -0.120. The molecule has 0 saturated carbocycles. The molecule has 0 heterocycles. The van der Waals surface area contributed by atoms with Gasteiger partial charge < -0.3 is 9.84 Å². The molecular formula is C20H18N2O3. The molecular weight excluding hydrogens is 316 g/mol. The summed E-state index contributed by atoms with van der Waals surface area (Å²) in [7, 11) is 1.47. The van der Waals surface area contributed by atoms with E-state index in [1.807, 2.05) is 42.5 Å². The number of hydrogen-bond acceptors (Lipinski definition) is 4. The Morgan fingerprint density at radius 2 is 1.92 bits per heavy atom. The monoisotopic (exact) mass is 334 g/mol. The molecule has 0 aliphatic rings. The summed E-state index contributed by atoms with van der Waals surface area (Å²) in [5, 5.41) is 15.7. The maximum absolute atomic E-state index is 12.0. The summed E-state index contributed by atoms with van der Waals surface area (Å²) >= 11 is 0. The zero-order valence-corrected chi connectivity index (χ0v) is 13.8. The number of carbonyl (C=O) groups is 1. The van der Waals surface area contributed by atoms with E-state index in [0.717, 1.165) is 16.3 Å². The predicted octanol–water partition coefficient (Wildman–Crippen LogP) is 3.25. The highest BCUT2D eigenvalue weighted by Crippen LogP contribution is 2.25. The Morgan fingerprint density at radius 1 is 1.12 bits per heavy atom. The first-order valence-corrected chi connectivity index (χ1v) is 7.82. The molecule has 3 aromatic carbocycles. The minimum Gasteiger partial charge on any atom is -0.504 e. The van der Waals surface area contributed by atoms with Gasteiger partial charge in [0, 0.05) is 0 Å². The number of methoxy groups -OCH3 is 1. The minimum absolute atomic E-state index is 0.0555. The molecule has 0 aromatic heterocycles. The third kappa shape index (κ3) is 4.14. The normalized spacial score (nSPS) is 10.9. The van der Waals surface area contributed by atoms with Crippen molar-refractivity contribution in [3.63, 3.8) is 0 Å². The zero-order valence-electron chi connectivity index (χ0n) is 13.8. The number of phenolic OH excluding ortho intramolecular Hbond substituents is 1. The lowest BCUT2D eigenvalue weighted by atomic mass is 10.1. The highest BCUT2D eigenvalue weighted by molar-refractivity contribution is 5.86. The first kappa shape index (κ1) is 16.5. The number of ether oxygens (including phenoxy) is 1. The number of aromatic hydroxyl groups is 1. The van der Waals surface area contributed by atoms with Crippen LogP contribution in [0, 0.1) is 0 Å². The molecule has 0 bridgehead atoms. The quantitative estimate of drug-likeness (QED) is 0.556. The van der Waals surface area contributed by atoms with Crippen molar-refractivity contribution in [1.82, 2.24) is 5.43 Å². The number of hydrazone groups is 1. The van der Waals surface area contributed by atoms with Crippen LogP contribution in [0.2, 0.25) is 0 Å². The molecule has 126 valence electrons. The van der Waals surface area contributed by atoms with Crippen LogP contribution in [-0.2, 0) is 11.2 Å². The summed E-state index contributed by atoms with van der Waals surface area (Å²) in [6, 6.07) is 18.8. The SMILES string of the molecule is COc1cc(/C=N/NC(=O)Cc2ccc3ccccc3c2)ccc1O. The Balaban J connectivity index is 1.62. The van der Waals surface area contributed by atoms with Gasteiger partial charge in [-0.15, -0.1) is 0 Å². The van der Waals surface area contributed by atoms with Crippen molar-refractivity contribution in [3.05, 3.63) is 71.8 Å². The highest BCUT2D eigenvalue weighted by atomic mass is 16.5. The van der Waals surface area contributed by atoms with Crippen molar-refractivity contribution in [1.29, 1.82) is 0 Å². The van der Waals surface area contributed by atoms with E-state index in [-0.39, 0.29) is 18.1 Å². The maximum atomic E-state index is 12.0. The van der Waals surface area contributed by atoms with Crippen molar-refractivity contribution in [3.8, 4) is 11.5 Å². The summed E-state index contributed by atoms with van der Waals surface area (Å²) in [6.07, 6.45) is 1.75. The van der Waals surface area contributed by atoms with E-state index in [1.165, 1.54) is 19.4 Å². The summed E-state index contributed by atoms with van der Waals surface area (Å²) in [5.74, 6) is 0.212. The first-order valence-electron chi connectivity index (χ1n) is 7.82. The molecule has 5 nitrogen and oxygen atoms in total. The van der Waals surface area contributed by atoms with Crippen molar-refractivity contribution in [2.24, 2.45) is 5.10 Å². The van der Waals surface area contributed by atoms with Crippen LogP contribution in [0.15, 0.2) is 65.8 Å². The molecule has 1 amide bonds. The molecule has 0 aliphatic carbocycles. The van der Waals surface area contributed by atoms with Crippen LogP contribution in [0.5, 0.6) is 11.5 Å². The largest absolute Gasteiger partial charge is 0.504 e. The number of hydrogen-bond donors (Lipinski definition) is 2. The number of nitrogens with one attached hydrogen (secondary N) is 1. The van der Waals surface area contributed by atoms with Crippen molar-refractivity contribution in [2.75, 3.05) is 7.11 Å². The molecule has 5 heteroatoms.